The van der Waals surface area contributed by atoms with Crippen LogP contribution in [-0.4, -0.2) is 50.0 Å². The van der Waals surface area contributed by atoms with Gasteiger partial charge >= 0.3 is 0 Å². The summed E-state index contributed by atoms with van der Waals surface area (Å²) in [5, 5.41) is 18.7. The zero-order chi connectivity index (χ0) is 12.8. The summed E-state index contributed by atoms with van der Waals surface area (Å²) in [4.78, 5) is 12.6. The standard InChI is InChI=1S/C10H15N7O/c1-11-8-14-9(12-4-3-7-18)16-10(15-8)17-6-2-5-13-17/h2,5-6,18H,3-4,7H2,1H3,(H2,11,12,14,15,16). The van der Waals surface area contributed by atoms with E-state index in [0.717, 1.165) is 0 Å². The molecule has 3 N–H and O–H groups in total. The van der Waals surface area contributed by atoms with E-state index in [1.165, 1.54) is 0 Å². The predicted molar refractivity (Wildman–Crippen MR) is 66.7 cm³/mol. The van der Waals surface area contributed by atoms with E-state index in [1.54, 1.807) is 30.2 Å². The van der Waals surface area contributed by atoms with Crippen LogP contribution in [0.4, 0.5) is 11.9 Å². The molecule has 2 aromatic rings. The predicted octanol–water partition coefficient (Wildman–Crippen LogP) is -0.107. The minimum Gasteiger partial charge on any atom is -0.396 e. The Labute approximate surface area is 104 Å². The highest BCUT2D eigenvalue weighted by atomic mass is 16.3. The van der Waals surface area contributed by atoms with Crippen LogP contribution in [0.3, 0.4) is 0 Å². The van der Waals surface area contributed by atoms with Crippen LogP contribution in [0.25, 0.3) is 5.95 Å². The Kier molecular flexibility index (Phi) is 4.02. The molecule has 2 heterocycles. The van der Waals surface area contributed by atoms with Crippen molar-refractivity contribution >= 4 is 11.9 Å². The van der Waals surface area contributed by atoms with Crippen LogP contribution >= 0.6 is 0 Å². The molecule has 0 spiro atoms. The van der Waals surface area contributed by atoms with E-state index in [0.29, 0.717) is 30.8 Å². The first-order valence-corrected chi connectivity index (χ1v) is 5.62. The molecule has 8 nitrogen and oxygen atoms in total. The highest BCUT2D eigenvalue weighted by molar-refractivity contribution is 5.37. The number of hydrogen-bond donors (Lipinski definition) is 3. The van der Waals surface area contributed by atoms with Crippen LogP contribution in [0.1, 0.15) is 6.42 Å². The van der Waals surface area contributed by atoms with Gasteiger partial charge in [0.1, 0.15) is 0 Å². The minimum absolute atomic E-state index is 0.128. The number of aliphatic hydroxyl groups is 1. The van der Waals surface area contributed by atoms with E-state index in [1.807, 2.05) is 0 Å². The van der Waals surface area contributed by atoms with Crippen LogP contribution in [0.2, 0.25) is 0 Å². The van der Waals surface area contributed by atoms with E-state index >= 15 is 0 Å². The van der Waals surface area contributed by atoms with Crippen molar-refractivity contribution in [2.75, 3.05) is 30.8 Å². The number of hydrogen-bond acceptors (Lipinski definition) is 7. The average molecular weight is 249 g/mol. The Morgan fingerprint density at radius 3 is 2.78 bits per heavy atom. The molecular formula is C10H15N7O. The molecule has 96 valence electrons. The molecule has 2 rings (SSSR count). The Balaban J connectivity index is 2.22. The van der Waals surface area contributed by atoms with E-state index in [-0.39, 0.29) is 6.61 Å². The summed E-state index contributed by atoms with van der Waals surface area (Å²) < 4.78 is 1.56. The summed E-state index contributed by atoms with van der Waals surface area (Å²) in [5.74, 6) is 1.35. The summed E-state index contributed by atoms with van der Waals surface area (Å²) in [6.07, 6.45) is 4.05. The van der Waals surface area contributed by atoms with Crippen molar-refractivity contribution in [2.24, 2.45) is 0 Å². The molecule has 0 aliphatic carbocycles. The van der Waals surface area contributed by atoms with Gasteiger partial charge in [-0.15, -0.1) is 0 Å². The van der Waals surface area contributed by atoms with Crippen molar-refractivity contribution in [3.8, 4) is 5.95 Å². The normalized spacial score (nSPS) is 10.3. The van der Waals surface area contributed by atoms with Gasteiger partial charge in [0.25, 0.3) is 5.95 Å². The molecule has 8 heteroatoms. The first-order chi connectivity index (χ1) is 8.83. The fraction of sp³-hybridized carbons (Fsp3) is 0.400. The third kappa shape index (κ3) is 2.92. The summed E-state index contributed by atoms with van der Waals surface area (Å²) in [6.45, 7) is 0.727. The first-order valence-electron chi connectivity index (χ1n) is 5.62. The smallest absolute Gasteiger partial charge is 0.257 e. The number of rotatable bonds is 6. The maximum atomic E-state index is 8.73. The zero-order valence-corrected chi connectivity index (χ0v) is 10.0. The molecule has 0 aliphatic heterocycles. The lowest BCUT2D eigenvalue weighted by Gasteiger charge is -2.07. The first kappa shape index (κ1) is 12.2. The van der Waals surface area contributed by atoms with Gasteiger partial charge in [-0.3, -0.25) is 0 Å². The number of nitrogens with zero attached hydrogens (tertiary/aromatic N) is 5. The third-order valence-corrected chi connectivity index (χ3v) is 2.17. The molecule has 0 saturated heterocycles. The largest absolute Gasteiger partial charge is 0.396 e. The van der Waals surface area contributed by atoms with Crippen LogP contribution in [0.5, 0.6) is 0 Å². The molecule has 0 bridgehead atoms. The van der Waals surface area contributed by atoms with Gasteiger partial charge in [-0.1, -0.05) is 0 Å². The Bertz CT molecular complexity index is 485. The van der Waals surface area contributed by atoms with E-state index in [2.05, 4.69) is 30.7 Å². The lowest BCUT2D eigenvalue weighted by atomic mass is 10.4. The van der Waals surface area contributed by atoms with E-state index in [9.17, 15) is 0 Å². The van der Waals surface area contributed by atoms with Gasteiger partial charge in [-0.25, -0.2) is 4.68 Å². The van der Waals surface area contributed by atoms with Gasteiger partial charge in [0.2, 0.25) is 11.9 Å². The number of nitrogens with one attached hydrogen (secondary N) is 2. The Hall–Kier alpha value is -2.22. The maximum Gasteiger partial charge on any atom is 0.257 e. The van der Waals surface area contributed by atoms with Crippen LogP contribution in [0, 0.1) is 0 Å². The summed E-state index contributed by atoms with van der Waals surface area (Å²) in [5.41, 5.74) is 0. The minimum atomic E-state index is 0.128. The van der Waals surface area contributed by atoms with Crippen LogP contribution in [0.15, 0.2) is 18.5 Å². The Morgan fingerprint density at radius 1 is 1.28 bits per heavy atom. The van der Waals surface area contributed by atoms with Crippen molar-refractivity contribution in [2.45, 2.75) is 6.42 Å². The van der Waals surface area contributed by atoms with Gasteiger partial charge in [0, 0.05) is 32.6 Å². The molecule has 0 radical (unpaired) electrons. The fourth-order valence-corrected chi connectivity index (χ4v) is 1.32. The zero-order valence-electron chi connectivity index (χ0n) is 10.0. The highest BCUT2D eigenvalue weighted by Crippen LogP contribution is 2.07. The quantitative estimate of drug-likeness (QED) is 0.614. The van der Waals surface area contributed by atoms with E-state index in [4.69, 9.17) is 5.11 Å². The summed E-state index contributed by atoms with van der Waals surface area (Å²) in [6, 6.07) is 1.79. The second kappa shape index (κ2) is 5.92. The SMILES string of the molecule is CNc1nc(NCCCO)nc(-n2cccn2)n1. The molecule has 18 heavy (non-hydrogen) atoms. The fourth-order valence-electron chi connectivity index (χ4n) is 1.32. The molecule has 0 saturated carbocycles. The average Bonchev–Trinajstić information content (AvgIpc) is 2.92. The van der Waals surface area contributed by atoms with Gasteiger partial charge in [0.05, 0.1) is 0 Å². The van der Waals surface area contributed by atoms with Crippen LogP contribution in [-0.2, 0) is 0 Å². The van der Waals surface area contributed by atoms with Gasteiger partial charge in [-0.2, -0.15) is 20.1 Å². The second-order valence-electron chi connectivity index (χ2n) is 3.49. The van der Waals surface area contributed by atoms with Gasteiger partial charge in [0.15, 0.2) is 0 Å². The third-order valence-electron chi connectivity index (χ3n) is 2.17. The molecule has 0 amide bonds. The lowest BCUT2D eigenvalue weighted by Crippen LogP contribution is -2.12. The summed E-state index contributed by atoms with van der Waals surface area (Å²) in [7, 11) is 1.74. The number of aromatic nitrogens is 5. The maximum absolute atomic E-state index is 8.73. The monoisotopic (exact) mass is 249 g/mol. The van der Waals surface area contributed by atoms with Gasteiger partial charge < -0.3 is 15.7 Å². The highest BCUT2D eigenvalue weighted by Gasteiger charge is 2.06. The van der Waals surface area contributed by atoms with Crippen LogP contribution < -0.4 is 10.6 Å². The molecule has 2 aromatic heterocycles. The molecule has 0 unspecified atom stereocenters. The topological polar surface area (TPSA) is 101 Å². The van der Waals surface area contributed by atoms with E-state index < -0.39 is 0 Å². The van der Waals surface area contributed by atoms with Crippen molar-refractivity contribution < 1.29 is 5.11 Å². The van der Waals surface area contributed by atoms with Crippen molar-refractivity contribution in [3.05, 3.63) is 18.5 Å². The molecule has 0 fully saturated rings. The molecule has 0 aliphatic rings. The number of anilines is 2. The van der Waals surface area contributed by atoms with Crippen molar-refractivity contribution in [1.29, 1.82) is 0 Å². The second-order valence-corrected chi connectivity index (χ2v) is 3.49. The van der Waals surface area contributed by atoms with Gasteiger partial charge in [-0.05, 0) is 12.5 Å². The molecule has 0 atom stereocenters. The number of aliphatic hydroxyl groups excluding tert-OH is 1. The molecule has 0 aromatic carbocycles. The summed E-state index contributed by atoms with van der Waals surface area (Å²) >= 11 is 0. The Morgan fingerprint density at radius 2 is 2.11 bits per heavy atom. The molecular weight excluding hydrogens is 234 g/mol. The lowest BCUT2D eigenvalue weighted by molar-refractivity contribution is 0.292. The van der Waals surface area contributed by atoms with Crippen molar-refractivity contribution in [3.63, 3.8) is 0 Å². The van der Waals surface area contributed by atoms with Crippen molar-refractivity contribution in [1.82, 2.24) is 24.7 Å².